The maximum Gasteiger partial charge on any atom is 0.325 e. The maximum absolute atomic E-state index is 12.0. The van der Waals surface area contributed by atoms with Gasteiger partial charge in [-0.15, -0.1) is 0 Å². The van der Waals surface area contributed by atoms with Crippen molar-refractivity contribution in [3.05, 3.63) is 64.7 Å². The van der Waals surface area contributed by atoms with Gasteiger partial charge in [-0.05, 0) is 33.6 Å². The molecule has 0 radical (unpaired) electrons. The fourth-order valence-corrected chi connectivity index (χ4v) is 3.03. The van der Waals surface area contributed by atoms with Gasteiger partial charge in [0.15, 0.2) is 0 Å². The highest BCUT2D eigenvalue weighted by Crippen LogP contribution is 2.40. The first-order chi connectivity index (χ1) is 12.4. The molecule has 0 spiro atoms. The van der Waals surface area contributed by atoms with Crippen molar-refractivity contribution in [2.75, 3.05) is 0 Å². The van der Waals surface area contributed by atoms with E-state index in [1.165, 1.54) is 0 Å². The molecule has 0 amide bonds. The highest BCUT2D eigenvalue weighted by molar-refractivity contribution is 5.77. The fraction of sp³-hybridized carbons (Fsp3) is 0.435. The molecule has 0 fully saturated rings. The van der Waals surface area contributed by atoms with E-state index in [4.69, 9.17) is 0 Å². The van der Waals surface area contributed by atoms with Crippen LogP contribution in [0.25, 0.3) is 0 Å². The van der Waals surface area contributed by atoms with Crippen LogP contribution in [0.1, 0.15) is 69.8 Å². The predicted molar refractivity (Wildman–Crippen MR) is 109 cm³/mol. The number of carboxylic acid groups (broad SMARTS) is 1. The van der Waals surface area contributed by atoms with Crippen LogP contribution in [-0.4, -0.2) is 16.2 Å². The number of rotatable bonds is 5. The van der Waals surface area contributed by atoms with Gasteiger partial charge < -0.3 is 10.2 Å². The molecular weight excluding hydrogens is 338 g/mol. The average molecular weight is 370 g/mol. The summed E-state index contributed by atoms with van der Waals surface area (Å²) in [6, 6.07) is 12.5. The van der Waals surface area contributed by atoms with E-state index in [0.717, 1.165) is 16.7 Å². The van der Waals surface area contributed by atoms with Crippen LogP contribution >= 0.6 is 0 Å². The van der Waals surface area contributed by atoms with Crippen molar-refractivity contribution in [1.82, 2.24) is 5.32 Å². The summed E-state index contributed by atoms with van der Waals surface area (Å²) >= 11 is 0. The number of benzene rings is 2. The van der Waals surface area contributed by atoms with Crippen LogP contribution in [0.5, 0.6) is 5.75 Å². The van der Waals surface area contributed by atoms with Crippen molar-refractivity contribution < 1.29 is 15.0 Å². The molecule has 2 aromatic rings. The van der Waals surface area contributed by atoms with E-state index in [9.17, 15) is 15.0 Å². The molecular formula is C23H31NO3. The Morgan fingerprint density at radius 1 is 1.00 bits per heavy atom. The van der Waals surface area contributed by atoms with E-state index >= 15 is 0 Å². The second kappa shape index (κ2) is 7.73. The third-order valence-electron chi connectivity index (χ3n) is 4.72. The first-order valence-electron chi connectivity index (χ1n) is 9.29. The summed E-state index contributed by atoms with van der Waals surface area (Å²) in [5.41, 5.74) is 2.71. The van der Waals surface area contributed by atoms with Crippen LogP contribution in [0.4, 0.5) is 0 Å². The quantitative estimate of drug-likeness (QED) is 0.701. The van der Waals surface area contributed by atoms with Gasteiger partial charge in [0, 0.05) is 12.1 Å². The molecule has 0 saturated carbocycles. The number of carboxylic acids is 1. The van der Waals surface area contributed by atoms with Crippen LogP contribution in [0, 0.1) is 0 Å². The normalized spacial score (nSPS) is 13.4. The second-order valence-electron chi connectivity index (χ2n) is 9.10. The number of aromatic hydroxyl groups is 1. The van der Waals surface area contributed by atoms with Gasteiger partial charge in [-0.1, -0.05) is 77.9 Å². The second-order valence-corrected chi connectivity index (χ2v) is 9.10. The molecule has 1 unspecified atom stereocenters. The van der Waals surface area contributed by atoms with Gasteiger partial charge in [0.05, 0.1) is 0 Å². The molecule has 3 N–H and O–H groups in total. The van der Waals surface area contributed by atoms with Gasteiger partial charge in [0.2, 0.25) is 0 Å². The number of hydrogen-bond donors (Lipinski definition) is 3. The van der Waals surface area contributed by atoms with Crippen LogP contribution in [0.3, 0.4) is 0 Å². The summed E-state index contributed by atoms with van der Waals surface area (Å²) < 4.78 is 0. The van der Waals surface area contributed by atoms with Crippen molar-refractivity contribution in [2.45, 2.75) is 65.0 Å². The lowest BCUT2D eigenvalue weighted by atomic mass is 9.78. The van der Waals surface area contributed by atoms with Crippen molar-refractivity contribution in [2.24, 2.45) is 0 Å². The molecule has 27 heavy (non-hydrogen) atoms. The lowest BCUT2D eigenvalue weighted by Crippen LogP contribution is -2.29. The summed E-state index contributed by atoms with van der Waals surface area (Å²) in [5.74, 6) is -0.949. The van der Waals surface area contributed by atoms with Gasteiger partial charge in [0.25, 0.3) is 0 Å². The first kappa shape index (κ1) is 21.0. The Hall–Kier alpha value is -2.33. The molecule has 0 aliphatic heterocycles. The van der Waals surface area contributed by atoms with Crippen LogP contribution in [-0.2, 0) is 22.2 Å². The molecule has 2 rings (SSSR count). The lowest BCUT2D eigenvalue weighted by Gasteiger charge is -2.29. The van der Waals surface area contributed by atoms with Gasteiger partial charge in [-0.3, -0.25) is 10.1 Å². The highest BCUT2D eigenvalue weighted by Gasteiger charge is 2.30. The summed E-state index contributed by atoms with van der Waals surface area (Å²) in [4.78, 5) is 12.0. The third kappa shape index (κ3) is 5.10. The molecule has 0 saturated heterocycles. The topological polar surface area (TPSA) is 69.6 Å². The molecule has 0 heterocycles. The average Bonchev–Trinajstić information content (AvgIpc) is 2.54. The molecule has 0 aliphatic carbocycles. The first-order valence-corrected chi connectivity index (χ1v) is 9.29. The maximum atomic E-state index is 12.0. The zero-order valence-electron chi connectivity index (χ0n) is 17.1. The number of phenols is 1. The molecule has 0 aliphatic rings. The van der Waals surface area contributed by atoms with Crippen molar-refractivity contribution in [3.63, 3.8) is 0 Å². The Kier molecular flexibility index (Phi) is 6.01. The molecule has 4 heteroatoms. The van der Waals surface area contributed by atoms with Crippen LogP contribution in [0.15, 0.2) is 42.5 Å². The van der Waals surface area contributed by atoms with E-state index in [1.807, 2.05) is 63.2 Å². The Bertz CT molecular complexity index is 799. The molecule has 0 aromatic heterocycles. The largest absolute Gasteiger partial charge is 0.507 e. The Morgan fingerprint density at radius 2 is 1.59 bits per heavy atom. The monoisotopic (exact) mass is 369 g/mol. The molecule has 146 valence electrons. The smallest absolute Gasteiger partial charge is 0.325 e. The molecule has 2 aromatic carbocycles. The highest BCUT2D eigenvalue weighted by atomic mass is 16.4. The SMILES string of the molecule is CC(C)(C)c1cc(C(NCc2ccccc2)C(=O)O)c(O)c(C(C)(C)C)c1. The van der Waals surface area contributed by atoms with Crippen LogP contribution in [0.2, 0.25) is 0 Å². The minimum atomic E-state index is -1.01. The Labute approximate surface area is 162 Å². The summed E-state index contributed by atoms with van der Waals surface area (Å²) in [7, 11) is 0. The molecule has 4 nitrogen and oxygen atoms in total. The Balaban J connectivity index is 2.52. The predicted octanol–water partition coefficient (Wildman–Crippen LogP) is 4.90. The number of aliphatic carboxylic acids is 1. The van der Waals surface area contributed by atoms with Crippen molar-refractivity contribution in [1.29, 1.82) is 0 Å². The minimum absolute atomic E-state index is 0.0588. The van der Waals surface area contributed by atoms with Gasteiger partial charge in [-0.2, -0.15) is 0 Å². The lowest BCUT2D eigenvalue weighted by molar-refractivity contribution is -0.139. The van der Waals surface area contributed by atoms with E-state index in [0.29, 0.717) is 12.1 Å². The minimum Gasteiger partial charge on any atom is -0.507 e. The van der Waals surface area contributed by atoms with E-state index in [2.05, 4.69) is 26.1 Å². The Morgan fingerprint density at radius 3 is 2.07 bits per heavy atom. The fourth-order valence-electron chi connectivity index (χ4n) is 3.03. The third-order valence-corrected chi connectivity index (χ3v) is 4.72. The zero-order valence-corrected chi connectivity index (χ0v) is 17.1. The number of carbonyl (C=O) groups is 1. The van der Waals surface area contributed by atoms with Gasteiger partial charge >= 0.3 is 5.97 Å². The number of nitrogens with one attached hydrogen (secondary N) is 1. The van der Waals surface area contributed by atoms with E-state index in [1.54, 1.807) is 0 Å². The van der Waals surface area contributed by atoms with Gasteiger partial charge in [-0.25, -0.2) is 0 Å². The summed E-state index contributed by atoms with van der Waals surface area (Å²) in [6.07, 6.45) is 0. The van der Waals surface area contributed by atoms with E-state index in [-0.39, 0.29) is 16.6 Å². The van der Waals surface area contributed by atoms with E-state index < -0.39 is 12.0 Å². The zero-order chi connectivity index (χ0) is 20.4. The molecule has 0 bridgehead atoms. The number of phenolic OH excluding ortho intramolecular Hbond substituents is 1. The van der Waals surface area contributed by atoms with Gasteiger partial charge in [0.1, 0.15) is 11.8 Å². The summed E-state index contributed by atoms with van der Waals surface area (Å²) in [5, 5.41) is 23.9. The van der Waals surface area contributed by atoms with Crippen LogP contribution < -0.4 is 5.32 Å². The molecule has 1 atom stereocenters. The van der Waals surface area contributed by atoms with Crippen molar-refractivity contribution in [3.8, 4) is 5.75 Å². The number of hydrogen-bond acceptors (Lipinski definition) is 3. The summed E-state index contributed by atoms with van der Waals surface area (Å²) in [6.45, 7) is 12.7. The van der Waals surface area contributed by atoms with Crippen molar-refractivity contribution >= 4 is 5.97 Å². The standard InChI is InChI=1S/C23H31NO3/c1-22(2,3)16-12-17(20(25)18(13-16)23(4,5)6)19(21(26)27)24-14-15-10-8-7-9-11-15/h7-13,19,24-25H,14H2,1-6H3,(H,26,27).